The quantitative estimate of drug-likeness (QED) is 0.153. The van der Waals surface area contributed by atoms with Gasteiger partial charge in [0, 0.05) is 55.5 Å². The summed E-state index contributed by atoms with van der Waals surface area (Å²) in [7, 11) is 0. The first-order valence-corrected chi connectivity index (χ1v) is 29.2. The fraction of sp³-hybridized carbons (Fsp3) is 0.389. The third kappa shape index (κ3) is 9.17. The maximum absolute atomic E-state index is 9.32. The Kier molecular flexibility index (Phi) is 10.3. The first kappa shape index (κ1) is 41.3. The number of nitrogens with zero attached hydrogens (tertiary/aromatic N) is 2. The van der Waals surface area contributed by atoms with Crippen LogP contribution in [0, 0.1) is 0 Å². The minimum absolute atomic E-state index is 0.174. The van der Waals surface area contributed by atoms with Crippen LogP contribution < -0.4 is 25.5 Å². The van der Waals surface area contributed by atoms with E-state index in [9.17, 15) is 12.3 Å². The lowest BCUT2D eigenvalue weighted by molar-refractivity contribution is 0.443. The van der Waals surface area contributed by atoms with Gasteiger partial charge in [-0.2, -0.15) is 0 Å². The van der Waals surface area contributed by atoms with Gasteiger partial charge in [0.1, 0.15) is 0 Å². The fourth-order valence-corrected chi connectivity index (χ4v) is 14.5. The molecule has 0 unspecified atom stereocenters. The van der Waals surface area contributed by atoms with Gasteiger partial charge >= 0.3 is 0 Å². The molecule has 0 radical (unpaired) electrons. The van der Waals surface area contributed by atoms with Crippen molar-refractivity contribution in [1.29, 1.82) is 0 Å². The van der Waals surface area contributed by atoms with Crippen molar-refractivity contribution in [2.24, 2.45) is 0 Å². The van der Waals surface area contributed by atoms with Crippen molar-refractivity contribution in [3.05, 3.63) is 173 Å². The molecule has 4 aliphatic rings. The van der Waals surface area contributed by atoms with E-state index in [1.807, 2.05) is 0 Å². The van der Waals surface area contributed by atoms with Gasteiger partial charge in [0.25, 0.3) is 6.71 Å². The molecule has 7 aromatic carbocycles. The lowest BCUT2D eigenvalue weighted by Crippen LogP contribution is -2.60. The van der Waals surface area contributed by atoms with E-state index in [4.69, 9.17) is 0 Å². The molecule has 4 heteroatoms. The van der Waals surface area contributed by atoms with Crippen LogP contribution in [0.1, 0.15) is 205 Å². The summed E-state index contributed by atoms with van der Waals surface area (Å²) in [4.78, 5) is 4.43. The van der Waals surface area contributed by atoms with E-state index in [0.717, 1.165) is 108 Å². The molecule has 2 aliphatic heterocycles. The van der Waals surface area contributed by atoms with Gasteiger partial charge in [-0.1, -0.05) is 206 Å². The second-order valence-electron chi connectivity index (χ2n) is 26.0. The molecule has 0 amide bonds. The minimum atomic E-state index is -3.53. The van der Waals surface area contributed by atoms with Gasteiger partial charge in [-0.3, -0.25) is 0 Å². The molecule has 0 bridgehead atoms. The molecule has 2 aliphatic carbocycles. The Bertz CT molecular complexity index is 3800. The van der Waals surface area contributed by atoms with Crippen LogP contribution in [0.5, 0.6) is 0 Å². The smallest absolute Gasteiger partial charge is 0.264 e. The molecule has 76 heavy (non-hydrogen) atoms. The van der Waals surface area contributed by atoms with E-state index in [1.165, 1.54) is 55.2 Å². The van der Waals surface area contributed by atoms with Crippen LogP contribution in [0.25, 0.3) is 32.3 Å². The third-order valence-corrected chi connectivity index (χ3v) is 18.9. The van der Waals surface area contributed by atoms with Gasteiger partial charge in [-0.25, -0.2) is 0 Å². The predicted octanol–water partition coefficient (Wildman–Crippen LogP) is 19.6. The summed E-state index contributed by atoms with van der Waals surface area (Å²) in [6.07, 6.45) is 12.0. The number of thiophene rings is 1. The van der Waals surface area contributed by atoms with Crippen molar-refractivity contribution in [3.63, 3.8) is 0 Å². The first-order valence-electron chi connectivity index (χ1n) is 32.9. The highest BCUT2D eigenvalue weighted by Gasteiger charge is 2.47. The summed E-state index contributed by atoms with van der Waals surface area (Å²) in [5.74, 6) is 0.954. The van der Waals surface area contributed by atoms with Crippen molar-refractivity contribution in [2.75, 3.05) is 9.80 Å². The van der Waals surface area contributed by atoms with Gasteiger partial charge in [-0.15, -0.1) is 11.3 Å². The van der Waals surface area contributed by atoms with Crippen LogP contribution in [0.3, 0.4) is 0 Å². The molecule has 3 heterocycles. The average Bonchev–Trinajstić information content (AvgIpc) is 1.65. The Balaban J connectivity index is 1.21. The second-order valence-corrected chi connectivity index (χ2v) is 27.1. The topological polar surface area (TPSA) is 6.48 Å². The average molecular weight is 1030 g/mol. The summed E-state index contributed by atoms with van der Waals surface area (Å²) in [5, 5.41) is 1.02. The summed E-state index contributed by atoms with van der Waals surface area (Å²) >= 11 is 1.77. The molecule has 0 atom stereocenters. The van der Waals surface area contributed by atoms with E-state index in [0.29, 0.717) is 23.2 Å². The van der Waals surface area contributed by atoms with E-state index >= 15 is 0 Å². The zero-order chi connectivity index (χ0) is 60.6. The predicted molar refractivity (Wildman–Crippen MR) is 333 cm³/mol. The lowest BCUT2D eigenvalue weighted by atomic mass is 9.36. The lowest BCUT2D eigenvalue weighted by Gasteiger charge is -2.45. The van der Waals surface area contributed by atoms with Crippen LogP contribution in [0.15, 0.2) is 140 Å². The number of rotatable bonds is 6. The van der Waals surface area contributed by atoms with Crippen LogP contribution >= 0.6 is 11.3 Å². The van der Waals surface area contributed by atoms with E-state index in [1.54, 1.807) is 23.5 Å². The molecule has 0 N–H and O–H groups in total. The minimum Gasteiger partial charge on any atom is -0.311 e. The van der Waals surface area contributed by atoms with Crippen LogP contribution in [-0.4, -0.2) is 6.71 Å². The highest BCUT2D eigenvalue weighted by atomic mass is 32.1. The van der Waals surface area contributed by atoms with Crippen molar-refractivity contribution in [3.8, 4) is 22.3 Å². The van der Waals surface area contributed by atoms with Crippen LogP contribution in [-0.2, 0) is 21.7 Å². The summed E-state index contributed by atoms with van der Waals surface area (Å²) in [6.45, 7) is 9.03. The Labute approximate surface area is 473 Å². The Morgan fingerprint density at radius 3 is 1.64 bits per heavy atom. The first-order chi connectivity index (χ1) is 40.0. The SMILES string of the molecule is [2H]C([2H])([2H])C(c1cc2c3c(c1)N(c1ccc(C4CCCCC4)cc1-c1cccc(C(C)(C)C)c1)c1c(sc4ccc(C(C)(C)C)cc14)B3c1cc(C(C)(C)C)ccc1N2c1ccc(-c2ccc(C3CCCCC3)cc2)cc1)(C([2H])([2H])[2H])C([2H])([2H])[2H]. The van der Waals surface area contributed by atoms with Crippen molar-refractivity contribution in [1.82, 2.24) is 0 Å². The van der Waals surface area contributed by atoms with Gasteiger partial charge in [0.05, 0.1) is 11.4 Å². The van der Waals surface area contributed by atoms with Gasteiger partial charge in [-0.05, 0) is 175 Å². The maximum atomic E-state index is 9.32. The molecular weight excluding hydrogens is 936 g/mol. The van der Waals surface area contributed by atoms with Crippen molar-refractivity contribution in [2.45, 2.75) is 181 Å². The zero-order valence-corrected chi connectivity index (χ0v) is 47.2. The van der Waals surface area contributed by atoms with Crippen LogP contribution in [0.2, 0.25) is 0 Å². The summed E-state index contributed by atoms with van der Waals surface area (Å²) < 4.78 is 86.1. The largest absolute Gasteiger partial charge is 0.311 e. The van der Waals surface area contributed by atoms with E-state index in [-0.39, 0.29) is 21.8 Å². The monoisotopic (exact) mass is 1030 g/mol. The van der Waals surface area contributed by atoms with Gasteiger partial charge in [0.15, 0.2) is 0 Å². The van der Waals surface area contributed by atoms with E-state index < -0.39 is 32.7 Å². The number of anilines is 6. The zero-order valence-electron chi connectivity index (χ0n) is 55.4. The number of hydrogen-bond acceptors (Lipinski definition) is 3. The highest BCUT2D eigenvalue weighted by molar-refractivity contribution is 7.33. The molecule has 2 nitrogen and oxygen atoms in total. The molecule has 12 rings (SSSR count). The molecular formula is C72H81BN2S. The highest BCUT2D eigenvalue weighted by Crippen LogP contribution is 2.53. The summed E-state index contributed by atoms with van der Waals surface area (Å²) in [6, 6.07) is 49.9. The number of hydrogen-bond donors (Lipinski definition) is 0. The third-order valence-electron chi connectivity index (χ3n) is 17.6. The normalized spacial score (nSPS) is 18.8. The standard InChI is InChI=1S/C72H81BN2S/c1-69(2,3)53-25-19-24-52(40-53)58-41-51(47-22-17-14-18-23-47)32-37-61(58)75-64-45-56(72(10,11)12)44-63-66(64)73(68-67(75)59-42-54(70(4,5)6)34-39-65(59)76-68)60-43-55(71(7,8)9)33-38-62(60)74(63)57-35-30-50(31-36-57)49-28-26-48(27-29-49)46-20-15-13-16-21-46/h19,24-47H,13-18,20-23H2,1-12H3/i10D3,11D3,12D3. The maximum Gasteiger partial charge on any atom is 0.264 e. The molecule has 0 spiro atoms. The van der Waals surface area contributed by atoms with Gasteiger partial charge in [0.2, 0.25) is 0 Å². The number of fused-ring (bicyclic) bond motifs is 6. The van der Waals surface area contributed by atoms with Crippen molar-refractivity contribution >= 4 is 78.0 Å². The molecule has 1 aromatic heterocycles. The Morgan fingerprint density at radius 2 is 1.01 bits per heavy atom. The molecule has 2 saturated carbocycles. The Morgan fingerprint density at radius 1 is 0.461 bits per heavy atom. The molecule has 388 valence electrons. The van der Waals surface area contributed by atoms with E-state index in [2.05, 4.69) is 200 Å². The summed E-state index contributed by atoms with van der Waals surface area (Å²) in [5.41, 5.74) is 12.4. The Hall–Kier alpha value is -5.84. The second kappa shape index (κ2) is 19.0. The van der Waals surface area contributed by atoms with Crippen LogP contribution in [0.4, 0.5) is 34.1 Å². The van der Waals surface area contributed by atoms with Gasteiger partial charge < -0.3 is 9.80 Å². The molecule has 2 fully saturated rings. The number of benzene rings is 7. The van der Waals surface area contributed by atoms with Crippen molar-refractivity contribution < 1.29 is 12.3 Å². The molecule has 8 aromatic rings. The fourth-order valence-electron chi connectivity index (χ4n) is 13.2. The molecule has 0 saturated heterocycles.